The summed E-state index contributed by atoms with van der Waals surface area (Å²) < 4.78 is 33.9. The van der Waals surface area contributed by atoms with Gasteiger partial charge in [0.15, 0.2) is 3.23 Å². The van der Waals surface area contributed by atoms with Crippen LogP contribution in [-0.4, -0.2) is 14.7 Å². The van der Waals surface area contributed by atoms with Gasteiger partial charge in [-0.2, -0.15) is 8.78 Å². The highest BCUT2D eigenvalue weighted by Crippen LogP contribution is 2.46. The Hall–Kier alpha value is 1.23. The maximum absolute atomic E-state index is 12.1. The van der Waals surface area contributed by atoms with E-state index in [0.29, 0.717) is 0 Å². The van der Waals surface area contributed by atoms with Crippen LogP contribution < -0.4 is 0 Å². The number of halogens is 6. The van der Waals surface area contributed by atoms with Crippen molar-refractivity contribution in [1.82, 2.24) is 0 Å². The predicted molar refractivity (Wildman–Crippen MR) is 40.4 cm³/mol. The fourth-order valence-electron chi connectivity index (χ4n) is 0.0758. The van der Waals surface area contributed by atoms with Gasteiger partial charge in [-0.15, -0.1) is 0 Å². The summed E-state index contributed by atoms with van der Waals surface area (Å²) in [6.07, 6.45) is 0. The molecule has 0 aliphatic heterocycles. The van der Waals surface area contributed by atoms with Crippen LogP contribution in [0.5, 0.6) is 0 Å². The van der Waals surface area contributed by atoms with Gasteiger partial charge in [0, 0.05) is 0 Å². The Balaban J connectivity index is 4.14. The molecule has 0 spiro atoms. The number of hydrogen-bond donors (Lipinski definition) is 0. The lowest BCUT2D eigenvalue weighted by Gasteiger charge is -2.21. The van der Waals surface area contributed by atoms with E-state index in [2.05, 4.69) is 31.9 Å². The average molecular weight is 335 g/mol. The molecular weight excluding hydrogens is 333 g/mol. The Morgan fingerprint density at radius 1 is 1.11 bits per heavy atom. The van der Waals surface area contributed by atoms with Crippen molar-refractivity contribution < 1.29 is 13.2 Å². The number of hydrogen-bond acceptors (Lipinski definition) is 0. The van der Waals surface area contributed by atoms with Crippen molar-refractivity contribution in [3.05, 3.63) is 0 Å². The SMILES string of the molecule is FCC(Br)(Br)C(F)(F)Br. The van der Waals surface area contributed by atoms with Crippen LogP contribution in [0, 0.1) is 0 Å². The van der Waals surface area contributed by atoms with Crippen LogP contribution in [0.1, 0.15) is 0 Å². The van der Waals surface area contributed by atoms with E-state index in [9.17, 15) is 13.2 Å². The Labute approximate surface area is 75.6 Å². The van der Waals surface area contributed by atoms with Crippen LogP contribution in [0.3, 0.4) is 0 Å². The van der Waals surface area contributed by atoms with E-state index in [-0.39, 0.29) is 0 Å². The second-order valence-corrected chi connectivity index (χ2v) is 6.10. The highest BCUT2D eigenvalue weighted by atomic mass is 79.9. The highest BCUT2D eigenvalue weighted by Gasteiger charge is 2.48. The van der Waals surface area contributed by atoms with Crippen LogP contribution in [0.4, 0.5) is 13.2 Å². The van der Waals surface area contributed by atoms with Gasteiger partial charge in [-0.1, -0.05) is 31.9 Å². The van der Waals surface area contributed by atoms with Crippen molar-refractivity contribution in [1.29, 1.82) is 0 Å². The summed E-state index contributed by atoms with van der Waals surface area (Å²) in [5.41, 5.74) is 0. The number of alkyl halides is 6. The zero-order valence-corrected chi connectivity index (χ0v) is 8.73. The van der Waals surface area contributed by atoms with Crippen molar-refractivity contribution in [2.45, 2.75) is 8.07 Å². The standard InChI is InChI=1S/C3H2Br3F3/c4-2(5,1-7)3(6,8)9/h1H2. The minimum absolute atomic E-state index is 1.20. The van der Waals surface area contributed by atoms with Crippen molar-refractivity contribution >= 4 is 47.8 Å². The molecule has 0 aliphatic rings. The van der Waals surface area contributed by atoms with Gasteiger partial charge in [-0.25, -0.2) is 4.39 Å². The minimum atomic E-state index is -3.28. The molecule has 0 unspecified atom stereocenters. The monoisotopic (exact) mass is 332 g/mol. The Kier molecular flexibility index (Phi) is 3.51. The summed E-state index contributed by atoms with van der Waals surface area (Å²) in [5, 5.41) is 0. The topological polar surface area (TPSA) is 0 Å². The van der Waals surface area contributed by atoms with Crippen molar-refractivity contribution in [3.63, 3.8) is 0 Å². The summed E-state index contributed by atoms with van der Waals surface area (Å²) in [7, 11) is 0. The smallest absolute Gasteiger partial charge is 0.248 e. The molecule has 0 amide bonds. The van der Waals surface area contributed by atoms with Crippen LogP contribution in [0.15, 0.2) is 0 Å². The van der Waals surface area contributed by atoms with E-state index in [0.717, 1.165) is 0 Å². The van der Waals surface area contributed by atoms with E-state index in [1.807, 2.05) is 15.9 Å². The fraction of sp³-hybridized carbons (Fsp3) is 1.00. The lowest BCUT2D eigenvalue weighted by molar-refractivity contribution is 0.0953. The minimum Gasteiger partial charge on any atom is -0.248 e. The predicted octanol–water partition coefficient (Wildman–Crippen LogP) is 3.43. The van der Waals surface area contributed by atoms with Gasteiger partial charge in [0.25, 0.3) is 0 Å². The van der Waals surface area contributed by atoms with Gasteiger partial charge in [0.05, 0.1) is 0 Å². The maximum atomic E-state index is 12.1. The quantitative estimate of drug-likeness (QED) is 0.679. The first kappa shape index (κ1) is 10.2. The molecule has 0 bridgehead atoms. The van der Waals surface area contributed by atoms with Gasteiger partial charge in [0.1, 0.15) is 6.67 Å². The first-order chi connectivity index (χ1) is 3.81. The Bertz CT molecular complexity index is 97.0. The molecule has 56 valence electrons. The molecule has 0 saturated carbocycles. The second-order valence-electron chi connectivity index (χ2n) is 1.34. The summed E-state index contributed by atoms with van der Waals surface area (Å²) in [4.78, 5) is -3.28. The lowest BCUT2D eigenvalue weighted by atomic mass is 10.5. The van der Waals surface area contributed by atoms with Crippen molar-refractivity contribution in [2.75, 3.05) is 6.67 Å². The molecule has 0 radical (unpaired) electrons. The summed E-state index contributed by atoms with van der Waals surface area (Å²) in [6, 6.07) is 0. The fourth-order valence-corrected chi connectivity index (χ4v) is 0.182. The third kappa shape index (κ3) is 2.76. The third-order valence-electron chi connectivity index (χ3n) is 0.583. The zero-order valence-electron chi connectivity index (χ0n) is 3.97. The van der Waals surface area contributed by atoms with Crippen LogP contribution >= 0.6 is 47.8 Å². The van der Waals surface area contributed by atoms with E-state index in [1.54, 1.807) is 0 Å². The molecule has 6 heteroatoms. The lowest BCUT2D eigenvalue weighted by Crippen LogP contribution is -2.33. The molecule has 9 heavy (non-hydrogen) atoms. The zero-order chi connectivity index (χ0) is 7.71. The molecule has 0 nitrogen and oxygen atoms in total. The van der Waals surface area contributed by atoms with Gasteiger partial charge in [-0.05, 0) is 15.9 Å². The number of rotatable bonds is 2. The highest BCUT2D eigenvalue weighted by molar-refractivity contribution is 9.26. The third-order valence-corrected chi connectivity index (χ3v) is 3.74. The molecule has 0 rings (SSSR count). The van der Waals surface area contributed by atoms with Crippen LogP contribution in [0.2, 0.25) is 0 Å². The maximum Gasteiger partial charge on any atom is 0.328 e. The van der Waals surface area contributed by atoms with Crippen molar-refractivity contribution in [3.8, 4) is 0 Å². The molecule has 0 fully saturated rings. The van der Waals surface area contributed by atoms with Gasteiger partial charge >= 0.3 is 4.83 Å². The molecule has 0 aromatic carbocycles. The Morgan fingerprint density at radius 2 is 1.44 bits per heavy atom. The Morgan fingerprint density at radius 3 is 1.44 bits per heavy atom. The van der Waals surface area contributed by atoms with E-state index in [4.69, 9.17) is 0 Å². The van der Waals surface area contributed by atoms with Crippen LogP contribution in [0.25, 0.3) is 0 Å². The average Bonchev–Trinajstić information content (AvgIpc) is 1.64. The molecule has 0 atom stereocenters. The van der Waals surface area contributed by atoms with E-state index < -0.39 is 14.7 Å². The molecule has 0 heterocycles. The first-order valence-electron chi connectivity index (χ1n) is 1.82. The first-order valence-corrected chi connectivity index (χ1v) is 4.19. The molecule has 0 N–H and O–H groups in total. The normalized spacial score (nSPS) is 14.0. The second kappa shape index (κ2) is 3.09. The van der Waals surface area contributed by atoms with Crippen molar-refractivity contribution in [2.24, 2.45) is 0 Å². The molecular formula is C3H2Br3F3. The molecule has 0 saturated heterocycles. The molecule has 0 aromatic heterocycles. The van der Waals surface area contributed by atoms with Gasteiger partial charge in [0.2, 0.25) is 0 Å². The van der Waals surface area contributed by atoms with E-state index in [1.165, 1.54) is 0 Å². The van der Waals surface area contributed by atoms with Gasteiger partial charge < -0.3 is 0 Å². The molecule has 0 aromatic rings. The molecule has 0 aliphatic carbocycles. The summed E-state index contributed by atoms with van der Waals surface area (Å²) in [5.74, 6) is 0. The van der Waals surface area contributed by atoms with Crippen LogP contribution in [-0.2, 0) is 0 Å². The van der Waals surface area contributed by atoms with Gasteiger partial charge in [-0.3, -0.25) is 0 Å². The van der Waals surface area contributed by atoms with E-state index >= 15 is 0 Å². The largest absolute Gasteiger partial charge is 0.328 e. The summed E-state index contributed by atoms with van der Waals surface area (Å²) >= 11 is 6.89. The summed E-state index contributed by atoms with van der Waals surface area (Å²) in [6.45, 7) is -1.20.